The Kier molecular flexibility index (Phi) is 2.73. The topological polar surface area (TPSA) is 63.8 Å². The van der Waals surface area contributed by atoms with Gasteiger partial charge in [-0.15, -0.1) is 0 Å². The van der Waals surface area contributed by atoms with E-state index in [0.29, 0.717) is 12.1 Å². The third-order valence-electron chi connectivity index (χ3n) is 2.18. The highest BCUT2D eigenvalue weighted by atomic mass is 16.3. The molecule has 2 rings (SSSR count). The summed E-state index contributed by atoms with van der Waals surface area (Å²) in [6.45, 7) is 1.91. The first-order valence-corrected chi connectivity index (χ1v) is 4.80. The molecule has 0 saturated carbocycles. The van der Waals surface area contributed by atoms with Crippen LogP contribution in [-0.2, 0) is 0 Å². The lowest BCUT2D eigenvalue weighted by Gasteiger charge is -2.07. The predicted molar refractivity (Wildman–Crippen MR) is 54.4 cm³/mol. The van der Waals surface area contributed by atoms with Gasteiger partial charge in [0.25, 0.3) is 0 Å². The Morgan fingerprint density at radius 3 is 2.87 bits per heavy atom. The highest BCUT2D eigenvalue weighted by Crippen LogP contribution is 2.14. The monoisotopic (exact) mass is 204 g/mol. The van der Waals surface area contributed by atoms with E-state index in [9.17, 15) is 5.11 Å². The fourth-order valence-corrected chi connectivity index (χ4v) is 1.28. The molecular weight excluding hydrogens is 192 g/mol. The first-order chi connectivity index (χ1) is 7.31. The molecule has 5 nitrogen and oxygen atoms in total. The zero-order valence-corrected chi connectivity index (χ0v) is 8.41. The van der Waals surface area contributed by atoms with Gasteiger partial charge in [0.05, 0.1) is 23.7 Å². The average Bonchev–Trinajstić information content (AvgIpc) is 2.82. The highest BCUT2D eigenvalue weighted by Gasteiger charge is 2.06. The van der Waals surface area contributed by atoms with Crippen LogP contribution in [0.15, 0.2) is 31.0 Å². The molecule has 0 saturated heterocycles. The Hall–Kier alpha value is -1.75. The minimum Gasteiger partial charge on any atom is -0.387 e. The molecule has 1 atom stereocenters. The fraction of sp³-hybridized carbons (Fsp3) is 0.300. The van der Waals surface area contributed by atoms with Crippen LogP contribution < -0.4 is 0 Å². The summed E-state index contributed by atoms with van der Waals surface area (Å²) >= 11 is 0. The van der Waals surface area contributed by atoms with Gasteiger partial charge in [0, 0.05) is 0 Å². The number of pyridine rings is 1. The lowest BCUT2D eigenvalue weighted by atomic mass is 10.2. The zero-order chi connectivity index (χ0) is 10.7. The van der Waals surface area contributed by atoms with E-state index in [4.69, 9.17) is 0 Å². The van der Waals surface area contributed by atoms with Crippen LogP contribution >= 0.6 is 0 Å². The molecule has 1 N–H and O–H groups in total. The van der Waals surface area contributed by atoms with E-state index in [1.54, 1.807) is 23.3 Å². The summed E-state index contributed by atoms with van der Waals surface area (Å²) in [4.78, 5) is 8.01. The highest BCUT2D eigenvalue weighted by molar-refractivity contribution is 5.28. The van der Waals surface area contributed by atoms with Gasteiger partial charge in [0.2, 0.25) is 0 Å². The Balaban J connectivity index is 2.25. The fourth-order valence-electron chi connectivity index (χ4n) is 1.28. The van der Waals surface area contributed by atoms with Gasteiger partial charge in [0.15, 0.2) is 0 Å². The van der Waals surface area contributed by atoms with E-state index in [1.807, 2.05) is 13.0 Å². The van der Waals surface area contributed by atoms with Crippen LogP contribution in [0.3, 0.4) is 0 Å². The van der Waals surface area contributed by atoms with Gasteiger partial charge in [-0.2, -0.15) is 5.10 Å². The summed E-state index contributed by atoms with van der Waals surface area (Å²) in [6, 6.07) is 3.65. The van der Waals surface area contributed by atoms with Crippen LogP contribution in [0.5, 0.6) is 0 Å². The second kappa shape index (κ2) is 4.18. The molecule has 0 bridgehead atoms. The molecule has 0 aliphatic carbocycles. The molecule has 1 unspecified atom stereocenters. The molecule has 0 aliphatic rings. The largest absolute Gasteiger partial charge is 0.387 e. The number of aliphatic hydroxyl groups excluding tert-OH is 1. The van der Waals surface area contributed by atoms with E-state index in [1.165, 1.54) is 6.33 Å². The smallest absolute Gasteiger partial charge is 0.138 e. The maximum absolute atomic E-state index is 9.55. The SMILES string of the molecule is CCC(O)c1ccc(-n2cncn2)cn1. The number of hydrogen-bond donors (Lipinski definition) is 1. The Morgan fingerprint density at radius 1 is 1.47 bits per heavy atom. The summed E-state index contributed by atoms with van der Waals surface area (Å²) in [5.41, 5.74) is 1.51. The van der Waals surface area contributed by atoms with Crippen molar-refractivity contribution >= 4 is 0 Å². The summed E-state index contributed by atoms with van der Waals surface area (Å²) in [6.07, 6.45) is 4.91. The minimum absolute atomic E-state index is 0.491. The van der Waals surface area contributed by atoms with Gasteiger partial charge < -0.3 is 5.11 Å². The van der Waals surface area contributed by atoms with Crippen LogP contribution in [-0.4, -0.2) is 24.9 Å². The molecule has 0 fully saturated rings. The third-order valence-corrected chi connectivity index (χ3v) is 2.18. The van der Waals surface area contributed by atoms with Gasteiger partial charge in [-0.05, 0) is 18.6 Å². The van der Waals surface area contributed by atoms with Crippen molar-refractivity contribution in [2.75, 3.05) is 0 Å². The number of aliphatic hydroxyl groups is 1. The maximum atomic E-state index is 9.55. The van der Waals surface area contributed by atoms with Crippen LogP contribution in [0, 0.1) is 0 Å². The molecular formula is C10H12N4O. The maximum Gasteiger partial charge on any atom is 0.138 e. The first kappa shape index (κ1) is 9.79. The zero-order valence-electron chi connectivity index (χ0n) is 8.41. The van der Waals surface area contributed by atoms with Crippen molar-refractivity contribution in [2.45, 2.75) is 19.4 Å². The van der Waals surface area contributed by atoms with Crippen molar-refractivity contribution in [2.24, 2.45) is 0 Å². The van der Waals surface area contributed by atoms with Crippen molar-refractivity contribution in [3.8, 4) is 5.69 Å². The molecule has 0 radical (unpaired) electrons. The average molecular weight is 204 g/mol. The third kappa shape index (κ3) is 2.02. The van der Waals surface area contributed by atoms with Gasteiger partial charge in [-0.25, -0.2) is 9.67 Å². The predicted octanol–water partition coefficient (Wildman–Crippen LogP) is 1.11. The van der Waals surface area contributed by atoms with Crippen molar-refractivity contribution < 1.29 is 5.11 Å². The first-order valence-electron chi connectivity index (χ1n) is 4.80. The summed E-state index contributed by atoms with van der Waals surface area (Å²) in [5, 5.41) is 13.5. The van der Waals surface area contributed by atoms with Gasteiger partial charge >= 0.3 is 0 Å². The normalized spacial score (nSPS) is 12.7. The van der Waals surface area contributed by atoms with Crippen molar-refractivity contribution in [3.05, 3.63) is 36.7 Å². The van der Waals surface area contributed by atoms with Gasteiger partial charge in [0.1, 0.15) is 12.7 Å². The quantitative estimate of drug-likeness (QED) is 0.813. The number of rotatable bonds is 3. The molecule has 0 aliphatic heterocycles. The minimum atomic E-state index is -0.491. The van der Waals surface area contributed by atoms with Crippen LogP contribution in [0.2, 0.25) is 0 Å². The number of nitrogens with zero attached hydrogens (tertiary/aromatic N) is 4. The molecule has 5 heteroatoms. The molecule has 2 heterocycles. The Labute approximate surface area is 87.4 Å². The lowest BCUT2D eigenvalue weighted by Crippen LogP contribution is -2.01. The molecule has 0 spiro atoms. The molecule has 2 aromatic heterocycles. The number of hydrogen-bond acceptors (Lipinski definition) is 4. The van der Waals surface area contributed by atoms with Crippen molar-refractivity contribution in [3.63, 3.8) is 0 Å². The number of aromatic nitrogens is 4. The Bertz CT molecular complexity index is 409. The van der Waals surface area contributed by atoms with Crippen molar-refractivity contribution in [1.29, 1.82) is 0 Å². The second-order valence-corrected chi connectivity index (χ2v) is 3.21. The molecule has 0 aromatic carbocycles. The van der Waals surface area contributed by atoms with E-state index in [2.05, 4.69) is 15.1 Å². The van der Waals surface area contributed by atoms with Gasteiger partial charge in [-0.3, -0.25) is 4.98 Å². The van der Waals surface area contributed by atoms with E-state index in [0.717, 1.165) is 5.69 Å². The molecule has 2 aromatic rings. The van der Waals surface area contributed by atoms with Crippen LogP contribution in [0.25, 0.3) is 5.69 Å². The second-order valence-electron chi connectivity index (χ2n) is 3.21. The van der Waals surface area contributed by atoms with E-state index >= 15 is 0 Å². The summed E-state index contributed by atoms with van der Waals surface area (Å²) < 4.78 is 1.62. The molecule has 15 heavy (non-hydrogen) atoms. The van der Waals surface area contributed by atoms with Gasteiger partial charge in [-0.1, -0.05) is 6.92 Å². The van der Waals surface area contributed by atoms with E-state index < -0.39 is 6.10 Å². The summed E-state index contributed by atoms with van der Waals surface area (Å²) in [7, 11) is 0. The van der Waals surface area contributed by atoms with Crippen molar-refractivity contribution in [1.82, 2.24) is 19.7 Å². The van der Waals surface area contributed by atoms with E-state index in [-0.39, 0.29) is 0 Å². The molecule has 78 valence electrons. The standard InChI is InChI=1S/C10H12N4O/c1-2-10(15)9-4-3-8(5-12-9)14-7-11-6-13-14/h3-7,10,15H,2H2,1H3. The van der Waals surface area contributed by atoms with Crippen LogP contribution in [0.1, 0.15) is 25.1 Å². The lowest BCUT2D eigenvalue weighted by molar-refractivity contribution is 0.169. The van der Waals surface area contributed by atoms with Crippen LogP contribution in [0.4, 0.5) is 0 Å². The molecule has 0 amide bonds. The summed E-state index contributed by atoms with van der Waals surface area (Å²) in [5.74, 6) is 0. The Morgan fingerprint density at radius 2 is 2.33 bits per heavy atom.